The van der Waals surface area contributed by atoms with E-state index in [1.807, 2.05) is 12.1 Å². The van der Waals surface area contributed by atoms with Gasteiger partial charge in [-0.15, -0.1) is 0 Å². The van der Waals surface area contributed by atoms with E-state index in [1.165, 1.54) is 34.6 Å². The van der Waals surface area contributed by atoms with Gasteiger partial charge < -0.3 is 4.74 Å². The molecule has 0 bridgehead atoms. The predicted octanol–water partition coefficient (Wildman–Crippen LogP) is 5.68. The summed E-state index contributed by atoms with van der Waals surface area (Å²) in [6.45, 7) is 1.46. The zero-order valence-electron chi connectivity index (χ0n) is 14.6. The second-order valence-corrected chi connectivity index (χ2v) is 6.86. The van der Waals surface area contributed by atoms with Crippen molar-refractivity contribution in [3.05, 3.63) is 77.9 Å². The van der Waals surface area contributed by atoms with Gasteiger partial charge >= 0.3 is 5.97 Å². The molecule has 4 aromatic rings. The van der Waals surface area contributed by atoms with Crippen LogP contribution in [0.5, 0.6) is 5.75 Å². The van der Waals surface area contributed by atoms with Crippen molar-refractivity contribution in [2.75, 3.05) is 0 Å². The van der Waals surface area contributed by atoms with Gasteiger partial charge in [-0.05, 0) is 57.3 Å². The topological polar surface area (TPSA) is 26.3 Å². The molecule has 0 spiro atoms. The highest BCUT2D eigenvalue weighted by Crippen LogP contribution is 2.44. The number of carbonyl (C=O) groups is 1. The maximum atomic E-state index is 11.8. The molecule has 4 aromatic carbocycles. The highest BCUT2D eigenvalue weighted by atomic mass is 16.5. The first-order valence-corrected chi connectivity index (χ1v) is 8.96. The lowest BCUT2D eigenvalue weighted by molar-refractivity contribution is -0.131. The number of hydrogen-bond donors (Lipinski definition) is 0. The maximum Gasteiger partial charge on any atom is 0.308 e. The molecule has 0 saturated heterocycles. The van der Waals surface area contributed by atoms with Crippen molar-refractivity contribution in [2.24, 2.45) is 0 Å². The van der Waals surface area contributed by atoms with Crippen LogP contribution in [0.15, 0.2) is 66.7 Å². The summed E-state index contributed by atoms with van der Waals surface area (Å²) < 4.78 is 5.68. The highest BCUT2D eigenvalue weighted by molar-refractivity contribution is 6.14. The zero-order valence-corrected chi connectivity index (χ0v) is 14.6. The molecule has 0 unspecified atom stereocenters. The van der Waals surface area contributed by atoms with E-state index in [1.54, 1.807) is 0 Å². The van der Waals surface area contributed by atoms with Gasteiger partial charge in [-0.2, -0.15) is 0 Å². The van der Waals surface area contributed by atoms with Gasteiger partial charge in [-0.3, -0.25) is 4.79 Å². The molecule has 1 aliphatic carbocycles. The summed E-state index contributed by atoms with van der Waals surface area (Å²) in [6.07, 6.45) is 2.04. The summed E-state index contributed by atoms with van der Waals surface area (Å²) in [4.78, 5) is 11.8. The smallest absolute Gasteiger partial charge is 0.308 e. The Morgan fingerprint density at radius 2 is 1.65 bits per heavy atom. The van der Waals surface area contributed by atoms with Crippen molar-refractivity contribution in [1.29, 1.82) is 0 Å². The van der Waals surface area contributed by atoms with E-state index < -0.39 is 0 Å². The molecule has 0 fully saturated rings. The Bertz CT molecular complexity index is 1190. The molecule has 5 rings (SSSR count). The minimum absolute atomic E-state index is 0.289. The summed E-state index contributed by atoms with van der Waals surface area (Å²) in [5.41, 5.74) is 5.14. The number of fused-ring (bicyclic) bond motifs is 7. The summed E-state index contributed by atoms with van der Waals surface area (Å²) in [6, 6.07) is 23.2. The summed E-state index contributed by atoms with van der Waals surface area (Å²) in [5.74, 6) is 0.364. The average Bonchev–Trinajstić information content (AvgIpc) is 2.67. The normalized spacial score (nSPS) is 12.7. The highest BCUT2D eigenvalue weighted by Gasteiger charge is 2.22. The number of carbonyl (C=O) groups excluding carboxylic acids is 1. The molecule has 126 valence electrons. The lowest BCUT2D eigenvalue weighted by Crippen LogP contribution is -2.08. The maximum absolute atomic E-state index is 11.8. The van der Waals surface area contributed by atoms with Crippen molar-refractivity contribution in [2.45, 2.75) is 19.8 Å². The van der Waals surface area contributed by atoms with E-state index in [4.69, 9.17) is 4.74 Å². The molecule has 0 saturated carbocycles. The summed E-state index contributed by atoms with van der Waals surface area (Å²) in [5, 5.41) is 4.51. The van der Waals surface area contributed by atoms with Crippen LogP contribution >= 0.6 is 0 Å². The second kappa shape index (κ2) is 5.70. The van der Waals surface area contributed by atoms with Crippen LogP contribution in [0.1, 0.15) is 18.1 Å². The fourth-order valence-corrected chi connectivity index (χ4v) is 4.23. The minimum atomic E-state index is -0.289. The Kier molecular flexibility index (Phi) is 3.32. The Balaban J connectivity index is 1.93. The van der Waals surface area contributed by atoms with E-state index in [0.717, 1.165) is 29.0 Å². The SMILES string of the molecule is CC(=O)Oc1cc2c(c3ccc4ccccc4c13)CCc1ccccc1-2. The molecule has 0 heterocycles. The quantitative estimate of drug-likeness (QED) is 0.253. The second-order valence-electron chi connectivity index (χ2n) is 6.86. The van der Waals surface area contributed by atoms with Gasteiger partial charge in [0.05, 0.1) is 0 Å². The third-order valence-corrected chi connectivity index (χ3v) is 5.31. The zero-order chi connectivity index (χ0) is 17.7. The minimum Gasteiger partial charge on any atom is -0.426 e. The molecule has 26 heavy (non-hydrogen) atoms. The number of benzene rings is 4. The van der Waals surface area contributed by atoms with Crippen LogP contribution in [0, 0.1) is 0 Å². The van der Waals surface area contributed by atoms with Gasteiger partial charge in [0.25, 0.3) is 0 Å². The fraction of sp³-hybridized carbons (Fsp3) is 0.125. The van der Waals surface area contributed by atoms with Crippen molar-refractivity contribution in [1.82, 2.24) is 0 Å². The molecule has 0 aromatic heterocycles. The molecule has 2 nitrogen and oxygen atoms in total. The van der Waals surface area contributed by atoms with E-state index in [-0.39, 0.29) is 5.97 Å². The first-order valence-electron chi connectivity index (χ1n) is 8.96. The van der Waals surface area contributed by atoms with Crippen LogP contribution in [0.2, 0.25) is 0 Å². The van der Waals surface area contributed by atoms with Gasteiger partial charge in [-0.25, -0.2) is 0 Å². The van der Waals surface area contributed by atoms with E-state index >= 15 is 0 Å². The van der Waals surface area contributed by atoms with Crippen LogP contribution in [0.25, 0.3) is 32.7 Å². The standard InChI is InChI=1S/C24H18O2/c1-15(25)26-23-14-22-18-8-4-2-6-16(18)10-12-20(22)21-13-11-17-7-3-5-9-19(17)24(21)23/h2-9,11,13-14H,10,12H2,1H3. The Morgan fingerprint density at radius 1 is 0.846 bits per heavy atom. The third kappa shape index (κ3) is 2.22. The molecule has 0 aliphatic heterocycles. The van der Waals surface area contributed by atoms with Crippen molar-refractivity contribution in [3.63, 3.8) is 0 Å². The van der Waals surface area contributed by atoms with Crippen LogP contribution in [-0.2, 0) is 17.6 Å². The molecule has 0 radical (unpaired) electrons. The Labute approximate surface area is 152 Å². The van der Waals surface area contributed by atoms with Gasteiger partial charge in [0.2, 0.25) is 0 Å². The Morgan fingerprint density at radius 3 is 2.54 bits per heavy atom. The van der Waals surface area contributed by atoms with Crippen LogP contribution in [0.3, 0.4) is 0 Å². The van der Waals surface area contributed by atoms with Crippen molar-refractivity contribution >= 4 is 27.5 Å². The lowest BCUT2D eigenvalue weighted by Gasteiger charge is -2.23. The van der Waals surface area contributed by atoms with E-state index in [9.17, 15) is 4.79 Å². The molecule has 0 amide bonds. The predicted molar refractivity (Wildman–Crippen MR) is 106 cm³/mol. The lowest BCUT2D eigenvalue weighted by atomic mass is 9.82. The molecular formula is C24H18O2. The Hall–Kier alpha value is -3.13. The molecule has 0 N–H and O–H groups in total. The van der Waals surface area contributed by atoms with E-state index in [2.05, 4.69) is 54.6 Å². The van der Waals surface area contributed by atoms with Crippen LogP contribution in [-0.4, -0.2) is 5.97 Å². The molecular weight excluding hydrogens is 320 g/mol. The number of ether oxygens (including phenoxy) is 1. The average molecular weight is 338 g/mol. The largest absolute Gasteiger partial charge is 0.426 e. The van der Waals surface area contributed by atoms with Crippen LogP contribution < -0.4 is 4.74 Å². The van der Waals surface area contributed by atoms with Gasteiger partial charge in [0, 0.05) is 12.3 Å². The number of hydrogen-bond acceptors (Lipinski definition) is 2. The summed E-state index contributed by atoms with van der Waals surface area (Å²) >= 11 is 0. The van der Waals surface area contributed by atoms with Gasteiger partial charge in [-0.1, -0.05) is 60.7 Å². The van der Waals surface area contributed by atoms with Crippen molar-refractivity contribution in [3.8, 4) is 16.9 Å². The number of esters is 1. The third-order valence-electron chi connectivity index (χ3n) is 5.31. The van der Waals surface area contributed by atoms with Gasteiger partial charge in [0.1, 0.15) is 5.75 Å². The van der Waals surface area contributed by atoms with Crippen molar-refractivity contribution < 1.29 is 9.53 Å². The monoisotopic (exact) mass is 338 g/mol. The molecule has 0 atom stereocenters. The van der Waals surface area contributed by atoms with Gasteiger partial charge in [0.15, 0.2) is 0 Å². The molecule has 1 aliphatic rings. The number of rotatable bonds is 1. The van der Waals surface area contributed by atoms with E-state index in [0.29, 0.717) is 5.75 Å². The fourth-order valence-electron chi connectivity index (χ4n) is 4.23. The number of aryl methyl sites for hydroxylation is 2. The van der Waals surface area contributed by atoms with Crippen LogP contribution in [0.4, 0.5) is 0 Å². The first kappa shape index (κ1) is 15.2. The summed E-state index contributed by atoms with van der Waals surface area (Å²) in [7, 11) is 0. The molecule has 2 heteroatoms. The first-order chi connectivity index (χ1) is 12.7.